The number of benzene rings is 1. The van der Waals surface area contributed by atoms with Crippen LogP contribution in [0.2, 0.25) is 0 Å². The molecule has 84 valence electrons. The molecule has 1 heterocycles. The lowest BCUT2D eigenvalue weighted by atomic mass is 10.2. The van der Waals surface area contributed by atoms with Gasteiger partial charge in [0, 0.05) is 11.4 Å². The van der Waals surface area contributed by atoms with Crippen LogP contribution in [0.4, 0.5) is 11.4 Å². The Balaban J connectivity index is 2.04. The Morgan fingerprint density at radius 1 is 1.19 bits per heavy atom. The molecule has 0 aliphatic rings. The molecule has 0 atom stereocenters. The van der Waals surface area contributed by atoms with Crippen molar-refractivity contribution in [3.05, 3.63) is 47.4 Å². The zero-order chi connectivity index (χ0) is 11.5. The van der Waals surface area contributed by atoms with E-state index >= 15 is 0 Å². The first-order valence-corrected chi connectivity index (χ1v) is 5.30. The van der Waals surface area contributed by atoms with Gasteiger partial charge in [-0.05, 0) is 49.7 Å². The zero-order valence-corrected chi connectivity index (χ0v) is 9.58. The Labute approximate surface area is 95.3 Å². The van der Waals surface area contributed by atoms with Crippen molar-refractivity contribution in [2.24, 2.45) is 0 Å². The molecule has 0 spiro atoms. The van der Waals surface area contributed by atoms with Crippen molar-refractivity contribution in [2.75, 3.05) is 11.1 Å². The van der Waals surface area contributed by atoms with Crippen molar-refractivity contribution < 1.29 is 4.42 Å². The monoisotopic (exact) mass is 216 g/mol. The molecule has 0 fully saturated rings. The van der Waals surface area contributed by atoms with Gasteiger partial charge in [-0.15, -0.1) is 0 Å². The summed E-state index contributed by atoms with van der Waals surface area (Å²) in [6.07, 6.45) is 0. The number of aryl methyl sites for hydroxylation is 2. The molecular formula is C13H16N2O. The summed E-state index contributed by atoms with van der Waals surface area (Å²) in [7, 11) is 0. The summed E-state index contributed by atoms with van der Waals surface area (Å²) < 4.78 is 5.48. The van der Waals surface area contributed by atoms with Crippen LogP contribution in [0.25, 0.3) is 0 Å². The lowest BCUT2D eigenvalue weighted by Crippen LogP contribution is -2.00. The van der Waals surface area contributed by atoms with Crippen LogP contribution in [0, 0.1) is 13.8 Å². The van der Waals surface area contributed by atoms with Crippen molar-refractivity contribution in [1.29, 1.82) is 0 Å². The maximum atomic E-state index is 5.69. The summed E-state index contributed by atoms with van der Waals surface area (Å²) >= 11 is 0. The third kappa shape index (κ3) is 2.37. The average Bonchev–Trinajstić information content (AvgIpc) is 2.63. The Morgan fingerprint density at radius 2 is 2.00 bits per heavy atom. The molecule has 0 unspecified atom stereocenters. The summed E-state index contributed by atoms with van der Waals surface area (Å²) in [4.78, 5) is 0. The SMILES string of the molecule is Cc1ccc(CNc2ccc(N)cc2C)o1. The molecule has 0 bridgehead atoms. The van der Waals surface area contributed by atoms with Gasteiger partial charge in [0.25, 0.3) is 0 Å². The predicted octanol–water partition coefficient (Wildman–Crippen LogP) is 3.09. The standard InChI is InChI=1S/C13H16N2O/c1-9-7-11(14)4-6-13(9)15-8-12-5-3-10(2)16-12/h3-7,15H,8,14H2,1-2H3. The maximum Gasteiger partial charge on any atom is 0.123 e. The third-order valence-electron chi connectivity index (χ3n) is 2.50. The highest BCUT2D eigenvalue weighted by Gasteiger charge is 2.01. The summed E-state index contributed by atoms with van der Waals surface area (Å²) in [5.41, 5.74) is 8.71. The topological polar surface area (TPSA) is 51.2 Å². The van der Waals surface area contributed by atoms with Gasteiger partial charge in [0.2, 0.25) is 0 Å². The minimum atomic E-state index is 0.693. The molecule has 0 saturated heterocycles. The molecule has 2 rings (SSSR count). The molecule has 3 nitrogen and oxygen atoms in total. The van der Waals surface area contributed by atoms with Crippen LogP contribution in [-0.4, -0.2) is 0 Å². The molecular weight excluding hydrogens is 200 g/mol. The minimum Gasteiger partial charge on any atom is -0.465 e. The Kier molecular flexibility index (Phi) is 2.86. The first-order valence-electron chi connectivity index (χ1n) is 5.30. The van der Waals surface area contributed by atoms with Crippen molar-refractivity contribution in [3.8, 4) is 0 Å². The second-order valence-corrected chi connectivity index (χ2v) is 3.94. The highest BCUT2D eigenvalue weighted by molar-refractivity contribution is 5.57. The molecule has 0 aliphatic heterocycles. The lowest BCUT2D eigenvalue weighted by molar-refractivity contribution is 0.490. The number of furan rings is 1. The largest absolute Gasteiger partial charge is 0.465 e. The zero-order valence-electron chi connectivity index (χ0n) is 9.58. The van der Waals surface area contributed by atoms with Crippen LogP contribution in [-0.2, 0) is 6.54 Å². The minimum absolute atomic E-state index is 0.693. The van der Waals surface area contributed by atoms with Crippen LogP contribution in [0.3, 0.4) is 0 Å². The molecule has 0 aliphatic carbocycles. The molecule has 0 saturated carbocycles. The fraction of sp³-hybridized carbons (Fsp3) is 0.231. The van der Waals surface area contributed by atoms with Crippen LogP contribution in [0.5, 0.6) is 0 Å². The van der Waals surface area contributed by atoms with Gasteiger partial charge >= 0.3 is 0 Å². The number of rotatable bonds is 3. The third-order valence-corrected chi connectivity index (χ3v) is 2.50. The summed E-state index contributed by atoms with van der Waals surface area (Å²) in [5, 5.41) is 3.32. The van der Waals surface area contributed by atoms with Crippen LogP contribution >= 0.6 is 0 Å². The normalized spacial score (nSPS) is 10.4. The van der Waals surface area contributed by atoms with Gasteiger partial charge in [-0.3, -0.25) is 0 Å². The summed E-state index contributed by atoms with van der Waals surface area (Å²) in [6.45, 7) is 4.67. The first-order chi connectivity index (χ1) is 7.65. The first kappa shape index (κ1) is 10.6. The van der Waals surface area contributed by atoms with E-state index in [1.54, 1.807) is 0 Å². The number of hydrogen-bond donors (Lipinski definition) is 2. The van der Waals surface area contributed by atoms with Crippen LogP contribution < -0.4 is 11.1 Å². The van der Waals surface area contributed by atoms with Gasteiger partial charge in [0.15, 0.2) is 0 Å². The Hall–Kier alpha value is -1.90. The van der Waals surface area contributed by atoms with E-state index < -0.39 is 0 Å². The number of hydrogen-bond acceptors (Lipinski definition) is 3. The van der Waals surface area contributed by atoms with E-state index in [1.165, 1.54) is 0 Å². The van der Waals surface area contributed by atoms with Crippen molar-refractivity contribution in [2.45, 2.75) is 20.4 Å². The molecule has 1 aromatic carbocycles. The smallest absolute Gasteiger partial charge is 0.123 e. The number of anilines is 2. The van der Waals surface area contributed by atoms with E-state index in [0.717, 1.165) is 28.5 Å². The molecule has 0 amide bonds. The van der Waals surface area contributed by atoms with Crippen LogP contribution in [0.1, 0.15) is 17.1 Å². The van der Waals surface area contributed by atoms with Gasteiger partial charge in [-0.25, -0.2) is 0 Å². The molecule has 2 aromatic rings. The lowest BCUT2D eigenvalue weighted by Gasteiger charge is -2.08. The fourth-order valence-corrected chi connectivity index (χ4v) is 1.65. The van der Waals surface area contributed by atoms with E-state index in [9.17, 15) is 0 Å². The molecule has 3 N–H and O–H groups in total. The Morgan fingerprint density at radius 3 is 2.62 bits per heavy atom. The van der Waals surface area contributed by atoms with E-state index in [1.807, 2.05) is 44.2 Å². The van der Waals surface area contributed by atoms with Gasteiger partial charge in [-0.1, -0.05) is 0 Å². The van der Waals surface area contributed by atoms with E-state index in [4.69, 9.17) is 10.2 Å². The molecule has 16 heavy (non-hydrogen) atoms. The summed E-state index contributed by atoms with van der Waals surface area (Å²) in [6, 6.07) is 9.78. The van der Waals surface area contributed by atoms with Crippen molar-refractivity contribution in [1.82, 2.24) is 0 Å². The van der Waals surface area contributed by atoms with Crippen molar-refractivity contribution >= 4 is 11.4 Å². The van der Waals surface area contributed by atoms with E-state index in [0.29, 0.717) is 6.54 Å². The van der Waals surface area contributed by atoms with Gasteiger partial charge < -0.3 is 15.5 Å². The second-order valence-electron chi connectivity index (χ2n) is 3.94. The molecule has 0 radical (unpaired) electrons. The average molecular weight is 216 g/mol. The highest BCUT2D eigenvalue weighted by Crippen LogP contribution is 2.18. The van der Waals surface area contributed by atoms with Gasteiger partial charge in [0.1, 0.15) is 11.5 Å². The van der Waals surface area contributed by atoms with E-state index in [2.05, 4.69) is 5.32 Å². The van der Waals surface area contributed by atoms with Crippen LogP contribution in [0.15, 0.2) is 34.7 Å². The number of nitrogens with one attached hydrogen (secondary N) is 1. The quantitative estimate of drug-likeness (QED) is 0.775. The number of nitrogen functional groups attached to an aromatic ring is 1. The van der Waals surface area contributed by atoms with Crippen molar-refractivity contribution in [3.63, 3.8) is 0 Å². The maximum absolute atomic E-state index is 5.69. The highest BCUT2D eigenvalue weighted by atomic mass is 16.3. The van der Waals surface area contributed by atoms with E-state index in [-0.39, 0.29) is 0 Å². The Bertz CT molecular complexity index is 488. The van der Waals surface area contributed by atoms with Gasteiger partial charge in [-0.2, -0.15) is 0 Å². The molecule has 1 aromatic heterocycles. The number of nitrogens with two attached hydrogens (primary N) is 1. The predicted molar refractivity (Wildman–Crippen MR) is 66.4 cm³/mol. The van der Waals surface area contributed by atoms with Gasteiger partial charge in [0.05, 0.1) is 6.54 Å². The molecule has 3 heteroatoms. The second kappa shape index (κ2) is 4.31. The summed E-state index contributed by atoms with van der Waals surface area (Å²) in [5.74, 6) is 1.87. The fourth-order valence-electron chi connectivity index (χ4n) is 1.65.